The summed E-state index contributed by atoms with van der Waals surface area (Å²) in [4.78, 5) is 24.9. The molecule has 2 aromatic carbocycles. The van der Waals surface area contributed by atoms with Gasteiger partial charge in [-0.15, -0.1) is 0 Å². The summed E-state index contributed by atoms with van der Waals surface area (Å²) < 4.78 is 1.27. The van der Waals surface area contributed by atoms with Crippen molar-refractivity contribution in [1.82, 2.24) is 9.88 Å². The summed E-state index contributed by atoms with van der Waals surface area (Å²) in [6.45, 7) is 9.59. The monoisotopic (exact) mass is 434 g/mol. The lowest BCUT2D eigenvalue weighted by Crippen LogP contribution is -2.51. The standard InChI is InChI=1S/C25H30N4OS/c1-18-16-19(2)23-22(17-18)31-25(26-23)29-10-8-20(9-11-29)24(30)28-14-12-27(13-15-28)21-6-4-3-5-7-21/h3-7,16-17,20H,8-15H2,1-2H3. The van der Waals surface area contributed by atoms with Gasteiger partial charge in [-0.05, 0) is 56.0 Å². The van der Waals surface area contributed by atoms with E-state index in [1.54, 1.807) is 11.3 Å². The van der Waals surface area contributed by atoms with E-state index in [0.29, 0.717) is 5.91 Å². The number of aromatic nitrogens is 1. The zero-order valence-electron chi connectivity index (χ0n) is 18.4. The minimum absolute atomic E-state index is 0.151. The molecule has 5 rings (SSSR count). The maximum atomic E-state index is 13.1. The molecule has 0 radical (unpaired) electrons. The zero-order chi connectivity index (χ0) is 21.4. The topological polar surface area (TPSA) is 39.7 Å². The molecule has 3 aromatic rings. The Bertz CT molecular complexity index is 1060. The van der Waals surface area contributed by atoms with Crippen LogP contribution in [0.5, 0.6) is 0 Å². The minimum Gasteiger partial charge on any atom is -0.368 e. The van der Waals surface area contributed by atoms with Crippen LogP contribution < -0.4 is 9.80 Å². The number of fused-ring (bicyclic) bond motifs is 1. The molecule has 5 nitrogen and oxygen atoms in total. The Kier molecular flexibility index (Phi) is 5.57. The maximum absolute atomic E-state index is 13.1. The average Bonchev–Trinajstić information content (AvgIpc) is 3.24. The molecule has 0 atom stereocenters. The highest BCUT2D eigenvalue weighted by Gasteiger charge is 2.31. The van der Waals surface area contributed by atoms with E-state index in [2.05, 4.69) is 64.9 Å². The van der Waals surface area contributed by atoms with Crippen LogP contribution in [-0.4, -0.2) is 55.1 Å². The number of piperidine rings is 1. The number of hydrogen-bond acceptors (Lipinski definition) is 5. The van der Waals surface area contributed by atoms with E-state index in [1.807, 2.05) is 6.07 Å². The number of thiazole rings is 1. The lowest BCUT2D eigenvalue weighted by atomic mass is 9.95. The summed E-state index contributed by atoms with van der Waals surface area (Å²) in [7, 11) is 0. The van der Waals surface area contributed by atoms with E-state index in [9.17, 15) is 4.79 Å². The van der Waals surface area contributed by atoms with Gasteiger partial charge < -0.3 is 14.7 Å². The van der Waals surface area contributed by atoms with Crippen LogP contribution in [0.3, 0.4) is 0 Å². The van der Waals surface area contributed by atoms with Crippen molar-refractivity contribution in [2.24, 2.45) is 5.92 Å². The van der Waals surface area contributed by atoms with Crippen LogP contribution >= 0.6 is 11.3 Å². The molecule has 1 amide bonds. The SMILES string of the molecule is Cc1cc(C)c2nc(N3CCC(C(=O)N4CCN(c5ccccc5)CC4)CC3)sc2c1. The summed E-state index contributed by atoms with van der Waals surface area (Å²) in [6, 6.07) is 14.9. The second kappa shape index (κ2) is 8.50. The minimum atomic E-state index is 0.151. The fraction of sp³-hybridized carbons (Fsp3) is 0.440. The average molecular weight is 435 g/mol. The third-order valence-corrected chi connectivity index (χ3v) is 7.71. The van der Waals surface area contributed by atoms with Crippen LogP contribution in [0.4, 0.5) is 10.8 Å². The molecule has 162 valence electrons. The van der Waals surface area contributed by atoms with E-state index in [4.69, 9.17) is 4.98 Å². The Morgan fingerprint density at radius 2 is 1.65 bits per heavy atom. The van der Waals surface area contributed by atoms with E-state index in [0.717, 1.165) is 62.8 Å². The van der Waals surface area contributed by atoms with Gasteiger partial charge in [0.1, 0.15) is 0 Å². The summed E-state index contributed by atoms with van der Waals surface area (Å²) in [5.41, 5.74) is 4.92. The van der Waals surface area contributed by atoms with Gasteiger partial charge in [0.15, 0.2) is 5.13 Å². The van der Waals surface area contributed by atoms with Gasteiger partial charge in [0, 0.05) is 50.9 Å². The van der Waals surface area contributed by atoms with Crippen molar-refractivity contribution in [2.75, 3.05) is 49.1 Å². The molecule has 1 aromatic heterocycles. The van der Waals surface area contributed by atoms with Crippen LogP contribution in [-0.2, 0) is 4.79 Å². The predicted molar refractivity (Wildman–Crippen MR) is 129 cm³/mol. The number of piperazine rings is 1. The van der Waals surface area contributed by atoms with Crippen LogP contribution in [0.1, 0.15) is 24.0 Å². The Balaban J connectivity index is 1.17. The Morgan fingerprint density at radius 1 is 0.935 bits per heavy atom. The molecule has 0 N–H and O–H groups in total. The smallest absolute Gasteiger partial charge is 0.225 e. The van der Waals surface area contributed by atoms with Gasteiger partial charge in [0.05, 0.1) is 10.2 Å². The van der Waals surface area contributed by atoms with Gasteiger partial charge in [0.2, 0.25) is 5.91 Å². The first kappa shape index (κ1) is 20.3. The molecule has 2 fully saturated rings. The highest BCUT2D eigenvalue weighted by Crippen LogP contribution is 2.34. The third kappa shape index (κ3) is 4.13. The Labute approximate surface area is 188 Å². The number of benzene rings is 2. The number of carbonyl (C=O) groups excluding carboxylic acids is 1. The van der Waals surface area contributed by atoms with Gasteiger partial charge >= 0.3 is 0 Å². The molecular weight excluding hydrogens is 404 g/mol. The molecule has 6 heteroatoms. The van der Waals surface area contributed by atoms with Gasteiger partial charge in [-0.1, -0.05) is 35.6 Å². The first-order valence-corrected chi connectivity index (χ1v) is 12.1. The largest absolute Gasteiger partial charge is 0.368 e. The molecule has 0 unspecified atom stereocenters. The molecule has 3 heterocycles. The van der Waals surface area contributed by atoms with Crippen molar-refractivity contribution in [1.29, 1.82) is 0 Å². The highest BCUT2D eigenvalue weighted by molar-refractivity contribution is 7.22. The fourth-order valence-electron chi connectivity index (χ4n) is 4.89. The lowest BCUT2D eigenvalue weighted by Gasteiger charge is -2.39. The van der Waals surface area contributed by atoms with Crippen molar-refractivity contribution in [3.05, 3.63) is 53.6 Å². The molecule has 0 saturated carbocycles. The summed E-state index contributed by atoms with van der Waals surface area (Å²) >= 11 is 1.78. The summed E-state index contributed by atoms with van der Waals surface area (Å²) in [6.07, 6.45) is 1.84. The van der Waals surface area contributed by atoms with Gasteiger partial charge in [-0.25, -0.2) is 4.98 Å². The third-order valence-electron chi connectivity index (χ3n) is 6.65. The summed E-state index contributed by atoms with van der Waals surface area (Å²) in [5.74, 6) is 0.501. The van der Waals surface area contributed by atoms with Crippen LogP contribution in [0.15, 0.2) is 42.5 Å². The van der Waals surface area contributed by atoms with Crippen molar-refractivity contribution >= 4 is 38.3 Å². The van der Waals surface area contributed by atoms with Crippen molar-refractivity contribution in [3.63, 3.8) is 0 Å². The van der Waals surface area contributed by atoms with Gasteiger partial charge in [0.25, 0.3) is 0 Å². The van der Waals surface area contributed by atoms with Crippen LogP contribution in [0.25, 0.3) is 10.2 Å². The lowest BCUT2D eigenvalue weighted by molar-refractivity contribution is -0.136. The Morgan fingerprint density at radius 3 is 2.35 bits per heavy atom. The zero-order valence-corrected chi connectivity index (χ0v) is 19.2. The summed E-state index contributed by atoms with van der Waals surface area (Å²) in [5, 5.41) is 1.10. The Hall–Kier alpha value is -2.60. The maximum Gasteiger partial charge on any atom is 0.225 e. The molecule has 0 spiro atoms. The first-order chi connectivity index (χ1) is 15.1. The molecule has 2 aliphatic rings. The number of carbonyl (C=O) groups is 1. The molecule has 0 aliphatic carbocycles. The number of para-hydroxylation sites is 1. The van der Waals surface area contributed by atoms with E-state index in [-0.39, 0.29) is 5.92 Å². The normalized spacial score (nSPS) is 18.1. The second-order valence-electron chi connectivity index (χ2n) is 8.83. The van der Waals surface area contributed by atoms with Crippen molar-refractivity contribution in [3.8, 4) is 0 Å². The number of nitrogens with zero attached hydrogens (tertiary/aromatic N) is 4. The highest BCUT2D eigenvalue weighted by atomic mass is 32.1. The molecular formula is C25H30N4OS. The number of amides is 1. The second-order valence-corrected chi connectivity index (χ2v) is 9.84. The van der Waals surface area contributed by atoms with Crippen LogP contribution in [0.2, 0.25) is 0 Å². The predicted octanol–water partition coefficient (Wildman–Crippen LogP) is 4.48. The van der Waals surface area contributed by atoms with E-state index < -0.39 is 0 Å². The first-order valence-electron chi connectivity index (χ1n) is 11.3. The van der Waals surface area contributed by atoms with Crippen molar-refractivity contribution in [2.45, 2.75) is 26.7 Å². The van der Waals surface area contributed by atoms with Gasteiger partial charge in [-0.3, -0.25) is 4.79 Å². The van der Waals surface area contributed by atoms with E-state index >= 15 is 0 Å². The molecule has 2 aliphatic heterocycles. The molecule has 0 bridgehead atoms. The van der Waals surface area contributed by atoms with Crippen molar-refractivity contribution < 1.29 is 4.79 Å². The van der Waals surface area contributed by atoms with E-state index in [1.165, 1.54) is 21.5 Å². The number of aryl methyl sites for hydroxylation is 2. The number of anilines is 2. The quantitative estimate of drug-likeness (QED) is 0.609. The van der Waals surface area contributed by atoms with Gasteiger partial charge in [-0.2, -0.15) is 0 Å². The fourth-order valence-corrected chi connectivity index (χ4v) is 6.09. The number of rotatable bonds is 3. The molecule has 2 saturated heterocycles. The molecule has 31 heavy (non-hydrogen) atoms. The number of hydrogen-bond donors (Lipinski definition) is 0. The van der Waals surface area contributed by atoms with Crippen LogP contribution in [0, 0.1) is 19.8 Å².